The van der Waals surface area contributed by atoms with Crippen LogP contribution in [0.2, 0.25) is 10.0 Å². The lowest BCUT2D eigenvalue weighted by molar-refractivity contribution is 0.0954. The van der Waals surface area contributed by atoms with E-state index < -0.39 is 11.2 Å². The van der Waals surface area contributed by atoms with Crippen LogP contribution in [0.4, 0.5) is 0 Å². The maximum absolute atomic E-state index is 12.5. The second-order valence-corrected chi connectivity index (χ2v) is 6.49. The number of H-pyrrole nitrogens is 1. The third-order valence-corrected chi connectivity index (χ3v) is 4.35. The lowest BCUT2D eigenvalue weighted by Gasteiger charge is -2.09. The highest BCUT2D eigenvalue weighted by Gasteiger charge is 2.13. The van der Waals surface area contributed by atoms with Gasteiger partial charge in [0.05, 0.1) is 16.3 Å². The first-order valence-electron chi connectivity index (χ1n) is 7.95. The largest absolute Gasteiger partial charge is 0.352 e. The number of amides is 1. The molecule has 2 N–H and O–H groups in total. The van der Waals surface area contributed by atoms with Gasteiger partial charge in [-0.15, -0.1) is 0 Å². The highest BCUT2D eigenvalue weighted by Crippen LogP contribution is 2.19. The quantitative estimate of drug-likeness (QED) is 0.680. The molecule has 0 saturated carbocycles. The van der Waals surface area contributed by atoms with Crippen LogP contribution < -0.4 is 16.6 Å². The SMILES string of the molecule is O=C(NCCc1ccc(Cl)cc1)c1cc(-n2ncc(=O)[nH]c2=O)ccc1Cl. The van der Waals surface area contributed by atoms with Crippen LogP contribution in [0.1, 0.15) is 15.9 Å². The van der Waals surface area contributed by atoms with Crippen molar-refractivity contribution in [1.29, 1.82) is 0 Å². The predicted molar refractivity (Wildman–Crippen MR) is 103 cm³/mol. The number of carbonyl (C=O) groups is 1. The van der Waals surface area contributed by atoms with Gasteiger partial charge in [-0.05, 0) is 42.3 Å². The van der Waals surface area contributed by atoms with Crippen molar-refractivity contribution in [2.24, 2.45) is 0 Å². The molecule has 9 heteroatoms. The summed E-state index contributed by atoms with van der Waals surface area (Å²) in [5, 5.41) is 7.43. The van der Waals surface area contributed by atoms with E-state index in [-0.39, 0.29) is 16.5 Å². The molecule has 3 aromatic rings. The monoisotopic (exact) mass is 404 g/mol. The first-order valence-corrected chi connectivity index (χ1v) is 8.71. The average Bonchev–Trinajstić information content (AvgIpc) is 2.64. The normalized spacial score (nSPS) is 10.6. The Labute approximate surface area is 163 Å². The van der Waals surface area contributed by atoms with Gasteiger partial charge in [-0.25, -0.2) is 4.79 Å². The summed E-state index contributed by atoms with van der Waals surface area (Å²) < 4.78 is 0.974. The van der Waals surface area contributed by atoms with Crippen molar-refractivity contribution < 1.29 is 4.79 Å². The Morgan fingerprint density at radius 1 is 1.11 bits per heavy atom. The van der Waals surface area contributed by atoms with E-state index in [9.17, 15) is 14.4 Å². The third kappa shape index (κ3) is 4.64. The number of halogens is 2. The molecule has 1 amide bonds. The Balaban J connectivity index is 1.75. The molecule has 0 unspecified atom stereocenters. The van der Waals surface area contributed by atoms with Crippen molar-refractivity contribution in [3.63, 3.8) is 0 Å². The molecule has 1 aromatic heterocycles. The minimum atomic E-state index is -0.709. The number of hydrogen-bond acceptors (Lipinski definition) is 4. The molecule has 0 aliphatic carbocycles. The zero-order valence-electron chi connectivity index (χ0n) is 13.9. The topological polar surface area (TPSA) is 96.8 Å². The van der Waals surface area contributed by atoms with Crippen LogP contribution in [-0.2, 0) is 6.42 Å². The van der Waals surface area contributed by atoms with Gasteiger partial charge in [0.1, 0.15) is 6.20 Å². The van der Waals surface area contributed by atoms with Crippen molar-refractivity contribution >= 4 is 29.1 Å². The van der Waals surface area contributed by atoms with Crippen LogP contribution in [0, 0.1) is 0 Å². The molecule has 138 valence electrons. The van der Waals surface area contributed by atoms with Gasteiger partial charge in [0.2, 0.25) is 0 Å². The van der Waals surface area contributed by atoms with Crippen LogP contribution >= 0.6 is 23.2 Å². The molecule has 0 aliphatic heterocycles. The Morgan fingerprint density at radius 3 is 2.56 bits per heavy atom. The Hall–Kier alpha value is -2.90. The fraction of sp³-hybridized carbons (Fsp3) is 0.111. The fourth-order valence-electron chi connectivity index (χ4n) is 2.42. The van der Waals surface area contributed by atoms with Gasteiger partial charge < -0.3 is 5.32 Å². The zero-order valence-corrected chi connectivity index (χ0v) is 15.4. The smallest absolute Gasteiger partial charge is 0.349 e. The molecule has 7 nitrogen and oxygen atoms in total. The summed E-state index contributed by atoms with van der Waals surface area (Å²) in [6.07, 6.45) is 1.60. The second-order valence-electron chi connectivity index (χ2n) is 5.65. The van der Waals surface area contributed by atoms with Crippen LogP contribution in [0.5, 0.6) is 0 Å². The van der Waals surface area contributed by atoms with Gasteiger partial charge in [0.15, 0.2) is 0 Å². The van der Waals surface area contributed by atoms with Gasteiger partial charge in [-0.2, -0.15) is 9.78 Å². The number of hydrogen-bond donors (Lipinski definition) is 2. The summed E-state index contributed by atoms with van der Waals surface area (Å²) in [5.41, 5.74) is 0.224. The Kier molecular flexibility index (Phi) is 5.73. The summed E-state index contributed by atoms with van der Waals surface area (Å²) in [7, 11) is 0. The molecule has 0 saturated heterocycles. The minimum Gasteiger partial charge on any atom is -0.352 e. The van der Waals surface area contributed by atoms with Crippen LogP contribution in [-0.4, -0.2) is 27.2 Å². The van der Waals surface area contributed by atoms with Gasteiger partial charge in [-0.1, -0.05) is 35.3 Å². The zero-order chi connectivity index (χ0) is 19.4. The predicted octanol–water partition coefficient (Wildman–Crippen LogP) is 2.20. The highest BCUT2D eigenvalue weighted by atomic mass is 35.5. The van der Waals surface area contributed by atoms with Gasteiger partial charge in [-0.3, -0.25) is 14.6 Å². The van der Waals surface area contributed by atoms with Gasteiger partial charge in [0, 0.05) is 11.6 Å². The molecule has 3 rings (SSSR count). The first-order chi connectivity index (χ1) is 12.9. The Bertz CT molecular complexity index is 1090. The summed E-state index contributed by atoms with van der Waals surface area (Å²) >= 11 is 12.0. The van der Waals surface area contributed by atoms with E-state index in [4.69, 9.17) is 23.2 Å². The minimum absolute atomic E-state index is 0.199. The summed E-state index contributed by atoms with van der Waals surface area (Å²) in [5.74, 6) is -0.381. The van der Waals surface area contributed by atoms with Crippen molar-refractivity contribution in [3.8, 4) is 5.69 Å². The van der Waals surface area contributed by atoms with Crippen molar-refractivity contribution in [2.45, 2.75) is 6.42 Å². The molecule has 1 heterocycles. The third-order valence-electron chi connectivity index (χ3n) is 3.76. The number of aromatic nitrogens is 3. The van der Waals surface area contributed by atoms with Gasteiger partial charge in [0.25, 0.3) is 11.5 Å². The van der Waals surface area contributed by atoms with Crippen LogP contribution in [0.3, 0.4) is 0 Å². The lowest BCUT2D eigenvalue weighted by Crippen LogP contribution is -2.31. The lowest BCUT2D eigenvalue weighted by atomic mass is 10.1. The van der Waals surface area contributed by atoms with E-state index in [1.165, 1.54) is 18.2 Å². The number of carbonyl (C=O) groups excluding carboxylic acids is 1. The van der Waals surface area contributed by atoms with E-state index in [1.54, 1.807) is 12.1 Å². The van der Waals surface area contributed by atoms with E-state index in [0.717, 1.165) is 16.4 Å². The average molecular weight is 405 g/mol. The van der Waals surface area contributed by atoms with Crippen LogP contribution in [0.25, 0.3) is 5.69 Å². The van der Waals surface area contributed by atoms with E-state index in [0.29, 0.717) is 23.7 Å². The standard InChI is InChI=1S/C18H14Cl2N4O3/c19-12-3-1-11(2-4-12)7-8-21-17(26)14-9-13(5-6-15(14)20)24-18(27)23-16(25)10-22-24/h1-6,9-10H,7-8H2,(H,21,26)(H,23,25,27). The molecule has 0 radical (unpaired) electrons. The van der Waals surface area contributed by atoms with Crippen molar-refractivity contribution in [1.82, 2.24) is 20.1 Å². The fourth-order valence-corrected chi connectivity index (χ4v) is 2.75. The number of nitrogens with zero attached hydrogens (tertiary/aromatic N) is 2. The number of nitrogens with one attached hydrogen (secondary N) is 2. The number of aromatic amines is 1. The number of benzene rings is 2. The number of rotatable bonds is 5. The molecular weight excluding hydrogens is 391 g/mol. The van der Waals surface area contributed by atoms with Crippen LogP contribution in [0.15, 0.2) is 58.3 Å². The first kappa shape index (κ1) is 18.9. The summed E-state index contributed by atoms with van der Waals surface area (Å²) in [4.78, 5) is 37.5. The van der Waals surface area contributed by atoms with E-state index in [2.05, 4.69) is 15.4 Å². The molecule has 2 aromatic carbocycles. The Morgan fingerprint density at radius 2 is 1.85 bits per heavy atom. The maximum Gasteiger partial charge on any atom is 0.349 e. The van der Waals surface area contributed by atoms with Crippen molar-refractivity contribution in [3.05, 3.63) is 90.7 Å². The summed E-state index contributed by atoms with van der Waals surface area (Å²) in [6.45, 7) is 0.401. The van der Waals surface area contributed by atoms with Crippen molar-refractivity contribution in [2.75, 3.05) is 6.54 Å². The molecule has 27 heavy (non-hydrogen) atoms. The summed E-state index contributed by atoms with van der Waals surface area (Å²) in [6, 6.07) is 11.8. The van der Waals surface area contributed by atoms with E-state index >= 15 is 0 Å². The maximum atomic E-state index is 12.5. The second kappa shape index (κ2) is 8.20. The molecule has 0 fully saturated rings. The molecule has 0 aliphatic rings. The van der Waals surface area contributed by atoms with Gasteiger partial charge >= 0.3 is 5.69 Å². The molecule has 0 bridgehead atoms. The molecule has 0 atom stereocenters. The molecular formula is C18H14Cl2N4O3. The highest BCUT2D eigenvalue weighted by molar-refractivity contribution is 6.34. The van der Waals surface area contributed by atoms with E-state index in [1.807, 2.05) is 12.1 Å². The molecule has 0 spiro atoms.